The van der Waals surface area contributed by atoms with Gasteiger partial charge in [-0.1, -0.05) is 29.3 Å². The minimum atomic E-state index is -3.69. The van der Waals surface area contributed by atoms with Gasteiger partial charge in [-0.3, -0.25) is 4.79 Å². The van der Waals surface area contributed by atoms with E-state index >= 15 is 0 Å². The lowest BCUT2D eigenvalue weighted by atomic mass is 9.99. The van der Waals surface area contributed by atoms with E-state index in [2.05, 4.69) is 6.07 Å². The predicted molar refractivity (Wildman–Crippen MR) is 111 cm³/mol. The SMILES string of the molecule is Cc1ccc2c(c1)CCCN2C(=O)c1ccc(Cl)c(S(=O)(=O)N2CCCC2)c1. The van der Waals surface area contributed by atoms with Gasteiger partial charge in [-0.25, -0.2) is 8.42 Å². The number of rotatable bonds is 3. The van der Waals surface area contributed by atoms with Crippen LogP contribution in [0.4, 0.5) is 5.69 Å². The van der Waals surface area contributed by atoms with E-state index in [1.54, 1.807) is 11.0 Å². The zero-order chi connectivity index (χ0) is 19.9. The van der Waals surface area contributed by atoms with Crippen LogP contribution in [0.25, 0.3) is 0 Å². The monoisotopic (exact) mass is 418 g/mol. The number of nitrogens with zero attached hydrogens (tertiary/aromatic N) is 2. The lowest BCUT2D eigenvalue weighted by Crippen LogP contribution is -2.35. The Morgan fingerprint density at radius 1 is 1.00 bits per heavy atom. The minimum Gasteiger partial charge on any atom is -0.308 e. The van der Waals surface area contributed by atoms with Gasteiger partial charge in [0.25, 0.3) is 5.91 Å². The molecule has 28 heavy (non-hydrogen) atoms. The maximum atomic E-state index is 13.2. The quantitative estimate of drug-likeness (QED) is 0.756. The number of anilines is 1. The van der Waals surface area contributed by atoms with Crippen molar-refractivity contribution in [2.24, 2.45) is 0 Å². The molecule has 1 saturated heterocycles. The molecule has 0 unspecified atom stereocenters. The largest absolute Gasteiger partial charge is 0.308 e. The van der Waals surface area contributed by atoms with Crippen molar-refractivity contribution >= 4 is 33.2 Å². The van der Waals surface area contributed by atoms with Gasteiger partial charge in [0, 0.05) is 30.9 Å². The third-order valence-corrected chi connectivity index (χ3v) is 7.84. The number of aryl methyl sites for hydroxylation is 2. The van der Waals surface area contributed by atoms with Gasteiger partial charge in [-0.2, -0.15) is 4.31 Å². The highest BCUT2D eigenvalue weighted by atomic mass is 35.5. The van der Waals surface area contributed by atoms with Crippen LogP contribution in [-0.4, -0.2) is 38.3 Å². The molecule has 0 bridgehead atoms. The average molecular weight is 419 g/mol. The number of halogens is 1. The Kier molecular flexibility index (Phi) is 5.21. The van der Waals surface area contributed by atoms with Crippen LogP contribution in [0.15, 0.2) is 41.3 Å². The first-order valence-electron chi connectivity index (χ1n) is 9.59. The van der Waals surface area contributed by atoms with Crippen LogP contribution >= 0.6 is 11.6 Å². The third kappa shape index (κ3) is 3.45. The Morgan fingerprint density at radius 2 is 1.75 bits per heavy atom. The molecule has 5 nitrogen and oxygen atoms in total. The Labute approximate surface area is 171 Å². The lowest BCUT2D eigenvalue weighted by molar-refractivity contribution is 0.0985. The Morgan fingerprint density at radius 3 is 2.50 bits per heavy atom. The standard InChI is InChI=1S/C21H23ClN2O3S/c1-15-6-9-19-16(13-15)5-4-12-24(19)21(25)17-7-8-18(22)20(14-17)28(26,27)23-10-2-3-11-23/h6-9,13-14H,2-5,10-12H2,1H3. The van der Waals surface area contributed by atoms with Crippen LogP contribution < -0.4 is 4.90 Å². The highest BCUT2D eigenvalue weighted by Gasteiger charge is 2.31. The molecule has 2 aliphatic heterocycles. The Bertz CT molecular complexity index is 1030. The first kappa shape index (κ1) is 19.4. The van der Waals surface area contributed by atoms with Crippen molar-refractivity contribution in [3.8, 4) is 0 Å². The van der Waals surface area contributed by atoms with Crippen molar-refractivity contribution in [3.63, 3.8) is 0 Å². The molecule has 0 radical (unpaired) electrons. The number of sulfonamides is 1. The summed E-state index contributed by atoms with van der Waals surface area (Å²) >= 11 is 6.22. The molecule has 2 aliphatic rings. The van der Waals surface area contributed by atoms with Crippen molar-refractivity contribution < 1.29 is 13.2 Å². The van der Waals surface area contributed by atoms with Crippen LogP contribution in [0.3, 0.4) is 0 Å². The number of benzene rings is 2. The van der Waals surface area contributed by atoms with Gasteiger partial charge >= 0.3 is 0 Å². The fourth-order valence-corrected chi connectivity index (χ4v) is 6.01. The minimum absolute atomic E-state index is 0.0167. The topological polar surface area (TPSA) is 57.7 Å². The molecule has 1 fully saturated rings. The highest BCUT2D eigenvalue weighted by Crippen LogP contribution is 2.32. The van der Waals surface area contributed by atoms with Gasteiger partial charge in [0.15, 0.2) is 0 Å². The van der Waals surface area contributed by atoms with Gasteiger partial charge in [-0.05, 0) is 62.4 Å². The van der Waals surface area contributed by atoms with Crippen molar-refractivity contribution in [3.05, 3.63) is 58.1 Å². The maximum absolute atomic E-state index is 13.2. The summed E-state index contributed by atoms with van der Waals surface area (Å²) in [6, 6.07) is 10.6. The number of hydrogen-bond acceptors (Lipinski definition) is 3. The van der Waals surface area contributed by atoms with Crippen LogP contribution in [0.5, 0.6) is 0 Å². The molecular formula is C21H23ClN2O3S. The summed E-state index contributed by atoms with van der Waals surface area (Å²) in [5.74, 6) is -0.195. The zero-order valence-corrected chi connectivity index (χ0v) is 17.4. The smallest absolute Gasteiger partial charge is 0.258 e. The third-order valence-electron chi connectivity index (χ3n) is 5.46. The van der Waals surface area contributed by atoms with Crippen LogP contribution in [0.2, 0.25) is 5.02 Å². The summed E-state index contributed by atoms with van der Waals surface area (Å²) < 4.78 is 27.4. The zero-order valence-electron chi connectivity index (χ0n) is 15.8. The molecule has 0 aliphatic carbocycles. The first-order chi connectivity index (χ1) is 13.4. The maximum Gasteiger partial charge on any atom is 0.258 e. The van der Waals surface area contributed by atoms with E-state index in [1.807, 2.05) is 19.1 Å². The highest BCUT2D eigenvalue weighted by molar-refractivity contribution is 7.89. The van der Waals surface area contributed by atoms with Crippen molar-refractivity contribution in [1.29, 1.82) is 0 Å². The van der Waals surface area contributed by atoms with Gasteiger partial charge in [-0.15, -0.1) is 0 Å². The molecular weight excluding hydrogens is 396 g/mol. The second-order valence-electron chi connectivity index (χ2n) is 7.45. The molecule has 0 atom stereocenters. The van der Waals surface area contributed by atoms with Gasteiger partial charge < -0.3 is 4.90 Å². The molecule has 0 spiro atoms. The van der Waals surface area contributed by atoms with Crippen molar-refractivity contribution in [2.75, 3.05) is 24.5 Å². The van der Waals surface area contributed by atoms with E-state index in [9.17, 15) is 13.2 Å². The molecule has 0 aromatic heterocycles. The number of fused-ring (bicyclic) bond motifs is 1. The second kappa shape index (κ2) is 7.50. The second-order valence-corrected chi connectivity index (χ2v) is 9.76. The number of carbonyl (C=O) groups is 1. The normalized spacial score (nSPS) is 17.6. The summed E-state index contributed by atoms with van der Waals surface area (Å²) in [5, 5.41) is 0.151. The first-order valence-corrected chi connectivity index (χ1v) is 11.4. The van der Waals surface area contributed by atoms with E-state index in [0.717, 1.165) is 36.9 Å². The number of hydrogen-bond donors (Lipinski definition) is 0. The predicted octanol–water partition coefficient (Wildman–Crippen LogP) is 4.03. The van der Waals surface area contributed by atoms with Gasteiger partial charge in [0.1, 0.15) is 4.90 Å². The molecule has 148 valence electrons. The van der Waals surface area contributed by atoms with Crippen LogP contribution in [0, 0.1) is 6.92 Å². The van der Waals surface area contributed by atoms with E-state index in [4.69, 9.17) is 11.6 Å². The van der Waals surface area contributed by atoms with E-state index in [0.29, 0.717) is 25.2 Å². The summed E-state index contributed by atoms with van der Waals surface area (Å²) in [4.78, 5) is 15.0. The van der Waals surface area contributed by atoms with Gasteiger partial charge in [0.05, 0.1) is 5.02 Å². The molecule has 2 heterocycles. The van der Waals surface area contributed by atoms with E-state index in [-0.39, 0.29) is 15.8 Å². The fourth-order valence-electron chi connectivity index (χ4n) is 3.99. The van der Waals surface area contributed by atoms with Crippen molar-refractivity contribution in [2.45, 2.75) is 37.5 Å². The number of amides is 1. The fraction of sp³-hybridized carbons (Fsp3) is 0.381. The Balaban J connectivity index is 1.70. The number of carbonyl (C=O) groups excluding carboxylic acids is 1. The molecule has 7 heteroatoms. The Hall–Kier alpha value is -1.89. The molecule has 4 rings (SSSR count). The molecule has 2 aromatic rings. The molecule has 0 N–H and O–H groups in total. The molecule has 2 aromatic carbocycles. The summed E-state index contributed by atoms with van der Waals surface area (Å²) in [6.45, 7) is 3.65. The molecule has 1 amide bonds. The van der Waals surface area contributed by atoms with Gasteiger partial charge in [0.2, 0.25) is 10.0 Å². The van der Waals surface area contributed by atoms with Crippen molar-refractivity contribution in [1.82, 2.24) is 4.31 Å². The summed E-state index contributed by atoms with van der Waals surface area (Å²) in [5.41, 5.74) is 3.56. The average Bonchev–Trinajstić information content (AvgIpc) is 3.22. The van der Waals surface area contributed by atoms with Crippen LogP contribution in [0.1, 0.15) is 40.7 Å². The van der Waals surface area contributed by atoms with E-state index < -0.39 is 10.0 Å². The summed E-state index contributed by atoms with van der Waals surface area (Å²) in [6.07, 6.45) is 3.52. The van der Waals surface area contributed by atoms with Crippen LogP contribution in [-0.2, 0) is 16.4 Å². The molecule has 0 saturated carbocycles. The summed E-state index contributed by atoms with van der Waals surface area (Å²) in [7, 11) is -3.69. The lowest BCUT2D eigenvalue weighted by Gasteiger charge is -2.30. The van der Waals surface area contributed by atoms with E-state index in [1.165, 1.54) is 22.0 Å².